The maximum absolute atomic E-state index is 8.97. The molecule has 2 radical (unpaired) electrons. The maximum atomic E-state index is 8.97. The first-order valence-electron chi connectivity index (χ1n) is 11.0. The van der Waals surface area contributed by atoms with Crippen molar-refractivity contribution in [1.29, 1.82) is 5.26 Å². The largest absolute Gasteiger partial charge is 0.422 e. The van der Waals surface area contributed by atoms with Gasteiger partial charge in [-0.2, -0.15) is 8.48 Å². The molecule has 2 unspecified atom stereocenters. The first-order chi connectivity index (χ1) is 16.4. The summed E-state index contributed by atoms with van der Waals surface area (Å²) in [6, 6.07) is 4.38. The number of nitrogens with one attached hydrogen (secondary N) is 1. The van der Waals surface area contributed by atoms with E-state index in [1.54, 1.807) is 23.0 Å². The van der Waals surface area contributed by atoms with Gasteiger partial charge in [0.1, 0.15) is 36.7 Å². The summed E-state index contributed by atoms with van der Waals surface area (Å²) in [5.74, 6) is 0.534. The monoisotopic (exact) mass is 602 g/mol. The second-order valence-electron chi connectivity index (χ2n) is 8.23. The predicted octanol–water partition coefficient (Wildman–Crippen LogP) is 4.17. The lowest BCUT2D eigenvalue weighted by Gasteiger charge is -2.37. The molecule has 34 heavy (non-hydrogen) atoms. The van der Waals surface area contributed by atoms with Crippen molar-refractivity contribution in [3.05, 3.63) is 18.6 Å². The van der Waals surface area contributed by atoms with Crippen molar-refractivity contribution >= 4 is 56.4 Å². The zero-order chi connectivity index (χ0) is 24.7. The highest BCUT2D eigenvalue weighted by Crippen LogP contribution is 2.50. The molecule has 3 rings (SSSR count). The molecule has 184 valence electrons. The molecule has 0 spiro atoms. The Bertz CT molecular complexity index is 955. The third-order valence-electron chi connectivity index (χ3n) is 5.30. The van der Waals surface area contributed by atoms with Gasteiger partial charge in [0.05, 0.1) is 30.6 Å². The van der Waals surface area contributed by atoms with Gasteiger partial charge < -0.3 is 23.6 Å². The van der Waals surface area contributed by atoms with Crippen LogP contribution in [-0.2, 0) is 21.9 Å². The molecule has 11 nitrogen and oxygen atoms in total. The molecule has 1 aliphatic heterocycles. The van der Waals surface area contributed by atoms with Crippen LogP contribution in [-0.4, -0.2) is 64.7 Å². The van der Waals surface area contributed by atoms with Crippen molar-refractivity contribution < 1.29 is 21.9 Å². The molecule has 4 atom stereocenters. The Morgan fingerprint density at radius 2 is 2.15 bits per heavy atom. The van der Waals surface area contributed by atoms with Crippen LogP contribution in [0.3, 0.4) is 0 Å². The van der Waals surface area contributed by atoms with Crippen LogP contribution in [0.2, 0.25) is 0 Å². The van der Waals surface area contributed by atoms with Crippen LogP contribution in [0.15, 0.2) is 18.6 Å². The van der Waals surface area contributed by atoms with Crippen LogP contribution in [0.5, 0.6) is 0 Å². The quantitative estimate of drug-likeness (QED) is 0.0895. The van der Waals surface area contributed by atoms with Crippen LogP contribution in [0.1, 0.15) is 46.8 Å². The third-order valence-corrected chi connectivity index (χ3v) is 7.71. The summed E-state index contributed by atoms with van der Waals surface area (Å²) >= 11 is 1.67. The van der Waals surface area contributed by atoms with Gasteiger partial charge in [-0.25, -0.2) is 19.5 Å². The fourth-order valence-electron chi connectivity index (χ4n) is 3.95. The number of anilines is 1. The molecule has 0 aromatic carbocycles. The van der Waals surface area contributed by atoms with Crippen molar-refractivity contribution in [1.82, 2.24) is 19.2 Å². The van der Waals surface area contributed by atoms with Crippen molar-refractivity contribution in [3.8, 4) is 6.07 Å². The van der Waals surface area contributed by atoms with Gasteiger partial charge in [0.25, 0.3) is 8.53 Å². The lowest BCUT2D eigenvalue weighted by Crippen LogP contribution is -2.36. The molecule has 1 N–H and O–H groups in total. The highest BCUT2D eigenvalue weighted by molar-refractivity contribution is 14.1. The number of nitriles is 1. The SMILES string of the molecule is [B]Nc1ncnc2c1ccn2[C@H]1C[C@@H](OP(OCCC#N)N(C(C)C)C(C)C)C(COOI)O1. The van der Waals surface area contributed by atoms with Crippen LogP contribution in [0.4, 0.5) is 5.82 Å². The molecule has 1 fully saturated rings. The standard InChI is InChI=1S/C20H29BIN6O5P/c1-13(2)28(14(3)4)34(30-9-5-7-23)32-16-10-18(31-17(16)11-29-33-22)27-8-6-15-19(26-21)24-12-25-20(15)27/h6,8,12-14,16-18H,5,9-11H2,1-4H3,(H,24,25,26)/t16-,17?,18-,34?/m1/s1. The normalized spacial score (nSPS) is 21.6. The van der Waals surface area contributed by atoms with Gasteiger partial charge in [-0.3, -0.25) is 0 Å². The summed E-state index contributed by atoms with van der Waals surface area (Å²) < 4.78 is 27.9. The number of halogens is 1. The van der Waals surface area contributed by atoms with Gasteiger partial charge in [0.15, 0.2) is 23.0 Å². The third kappa shape index (κ3) is 6.56. The van der Waals surface area contributed by atoms with E-state index in [0.29, 0.717) is 24.5 Å². The molecule has 3 heterocycles. The minimum absolute atomic E-state index is 0.179. The highest BCUT2D eigenvalue weighted by atomic mass is 127. The molecule has 0 bridgehead atoms. The fraction of sp³-hybridized carbons (Fsp3) is 0.650. The van der Waals surface area contributed by atoms with E-state index in [1.807, 2.05) is 16.8 Å². The average Bonchev–Trinajstić information content (AvgIpc) is 3.41. The predicted molar refractivity (Wildman–Crippen MR) is 137 cm³/mol. The number of ether oxygens (including phenoxy) is 1. The van der Waals surface area contributed by atoms with E-state index in [2.05, 4.69) is 53.6 Å². The van der Waals surface area contributed by atoms with Crippen LogP contribution < -0.4 is 5.23 Å². The number of hydrogen-bond donors (Lipinski definition) is 1. The first kappa shape index (κ1) is 27.5. The van der Waals surface area contributed by atoms with Gasteiger partial charge in [0, 0.05) is 24.7 Å². The van der Waals surface area contributed by atoms with Crippen LogP contribution >= 0.6 is 31.5 Å². The molecule has 0 saturated carbocycles. The van der Waals surface area contributed by atoms with E-state index >= 15 is 0 Å². The topological polar surface area (TPSA) is 116 Å². The number of rotatable bonds is 13. The number of hydrogen-bond acceptors (Lipinski definition) is 10. The van der Waals surface area contributed by atoms with E-state index in [4.69, 9.17) is 35.1 Å². The van der Waals surface area contributed by atoms with E-state index in [9.17, 15) is 0 Å². The highest BCUT2D eigenvalue weighted by Gasteiger charge is 2.42. The number of aromatic nitrogens is 3. The van der Waals surface area contributed by atoms with Crippen molar-refractivity contribution in [2.45, 2.75) is 71.1 Å². The summed E-state index contributed by atoms with van der Waals surface area (Å²) in [6.45, 7) is 8.86. The Morgan fingerprint density at radius 3 is 2.79 bits per heavy atom. The molecule has 1 saturated heterocycles. The summed E-state index contributed by atoms with van der Waals surface area (Å²) in [6.07, 6.45) is 3.08. The first-order valence-corrected chi connectivity index (χ1v) is 13.0. The van der Waals surface area contributed by atoms with Gasteiger partial charge in [-0.1, -0.05) is 0 Å². The van der Waals surface area contributed by atoms with Crippen molar-refractivity contribution in [3.63, 3.8) is 0 Å². The Morgan fingerprint density at radius 1 is 1.38 bits per heavy atom. The minimum Gasteiger partial charge on any atom is -0.422 e. The summed E-state index contributed by atoms with van der Waals surface area (Å²) in [4.78, 5) is 13.8. The van der Waals surface area contributed by atoms with Gasteiger partial charge in [-0.05, 0) is 33.8 Å². The average molecular weight is 602 g/mol. The molecule has 14 heteroatoms. The smallest absolute Gasteiger partial charge is 0.259 e. The Hall–Kier alpha value is -1.11. The second kappa shape index (κ2) is 13.3. The Labute approximate surface area is 216 Å². The second-order valence-corrected chi connectivity index (χ2v) is 10.00. The minimum atomic E-state index is -1.44. The summed E-state index contributed by atoms with van der Waals surface area (Å²) in [5, 5.41) is 12.4. The Balaban J connectivity index is 1.85. The van der Waals surface area contributed by atoms with Gasteiger partial charge in [0.2, 0.25) is 7.98 Å². The summed E-state index contributed by atoms with van der Waals surface area (Å²) in [7, 11) is 4.15. The number of fused-ring (bicyclic) bond motifs is 1. The summed E-state index contributed by atoms with van der Waals surface area (Å²) in [5.41, 5.74) is 0.692. The zero-order valence-corrected chi connectivity index (χ0v) is 22.7. The molecule has 2 aromatic heterocycles. The lowest BCUT2D eigenvalue weighted by molar-refractivity contribution is -0.200. The molecule has 0 aliphatic carbocycles. The van der Waals surface area contributed by atoms with Crippen molar-refractivity contribution in [2.75, 3.05) is 18.4 Å². The molecule has 2 aromatic rings. The Kier molecular flexibility index (Phi) is 10.7. The van der Waals surface area contributed by atoms with Gasteiger partial charge >= 0.3 is 0 Å². The van der Waals surface area contributed by atoms with E-state index in [-0.39, 0.29) is 37.4 Å². The van der Waals surface area contributed by atoms with Crippen LogP contribution in [0.25, 0.3) is 11.0 Å². The maximum Gasteiger partial charge on any atom is 0.259 e. The lowest BCUT2D eigenvalue weighted by atomic mass is 10.2. The fourth-order valence-corrected chi connectivity index (χ4v) is 5.86. The molecule has 0 amide bonds. The molecular weight excluding hydrogens is 573 g/mol. The molecule has 1 aliphatic rings. The molecular formula is C20H29BIN6O5P. The number of nitrogens with zero attached hydrogens (tertiary/aromatic N) is 5. The van der Waals surface area contributed by atoms with E-state index < -0.39 is 14.6 Å². The van der Waals surface area contributed by atoms with Crippen LogP contribution in [0, 0.1) is 11.3 Å². The van der Waals surface area contributed by atoms with Crippen molar-refractivity contribution in [2.24, 2.45) is 0 Å². The van der Waals surface area contributed by atoms with Gasteiger partial charge in [-0.15, -0.1) is 0 Å². The van der Waals surface area contributed by atoms with E-state index in [1.165, 1.54) is 6.33 Å². The van der Waals surface area contributed by atoms with E-state index in [0.717, 1.165) is 5.39 Å². The zero-order valence-electron chi connectivity index (χ0n) is 19.6.